The van der Waals surface area contributed by atoms with Crippen molar-refractivity contribution in [3.63, 3.8) is 0 Å². The van der Waals surface area contributed by atoms with Crippen molar-refractivity contribution in [1.82, 2.24) is 10.7 Å². The topological polar surface area (TPSA) is 92.9 Å². The molecule has 1 aromatic rings. The molecule has 120 valence electrons. The van der Waals surface area contributed by atoms with Crippen molar-refractivity contribution in [3.05, 3.63) is 23.7 Å². The van der Waals surface area contributed by atoms with E-state index in [2.05, 4.69) is 15.8 Å². The summed E-state index contributed by atoms with van der Waals surface area (Å²) in [5.41, 5.74) is 3.37. The zero-order valence-corrected chi connectivity index (χ0v) is 12.8. The number of amides is 2. The number of ether oxygens (including phenoxy) is 1. The number of aryl methyl sites for hydroxylation is 1. The Balaban J connectivity index is 1.73. The van der Waals surface area contributed by atoms with Crippen molar-refractivity contribution >= 4 is 17.5 Å². The summed E-state index contributed by atoms with van der Waals surface area (Å²) in [4.78, 5) is 23.6. The summed E-state index contributed by atoms with van der Waals surface area (Å²) in [6.07, 6.45) is 3.72. The van der Waals surface area contributed by atoms with Crippen molar-refractivity contribution in [3.8, 4) is 0 Å². The van der Waals surface area contributed by atoms with Crippen molar-refractivity contribution < 1.29 is 18.7 Å². The maximum atomic E-state index is 11.8. The first-order chi connectivity index (χ1) is 10.6. The van der Waals surface area contributed by atoms with Crippen molar-refractivity contribution in [2.75, 3.05) is 13.2 Å². The van der Waals surface area contributed by atoms with Crippen LogP contribution < -0.4 is 10.7 Å². The Morgan fingerprint density at radius 2 is 2.27 bits per heavy atom. The molecule has 0 radical (unpaired) electrons. The molecule has 1 aliphatic heterocycles. The Morgan fingerprint density at radius 1 is 1.45 bits per heavy atom. The molecule has 0 aliphatic carbocycles. The van der Waals surface area contributed by atoms with Crippen molar-refractivity contribution in [2.45, 2.75) is 39.2 Å². The summed E-state index contributed by atoms with van der Waals surface area (Å²) in [5.74, 6) is 0.0375. The maximum absolute atomic E-state index is 11.8. The summed E-state index contributed by atoms with van der Waals surface area (Å²) in [5, 5.41) is 6.73. The second-order valence-electron chi connectivity index (χ2n) is 5.29. The lowest BCUT2D eigenvalue weighted by Crippen LogP contribution is -2.33. The van der Waals surface area contributed by atoms with E-state index in [1.165, 1.54) is 6.26 Å². The third-order valence-electron chi connectivity index (χ3n) is 3.42. The Bertz CT molecular complexity index is 559. The molecule has 1 aromatic heterocycles. The van der Waals surface area contributed by atoms with Gasteiger partial charge in [-0.05, 0) is 32.8 Å². The highest BCUT2D eigenvalue weighted by atomic mass is 16.5. The van der Waals surface area contributed by atoms with Gasteiger partial charge in [0.15, 0.2) is 0 Å². The molecule has 0 spiro atoms. The average molecular weight is 307 g/mol. The minimum Gasteiger partial charge on any atom is -0.469 e. The van der Waals surface area contributed by atoms with Gasteiger partial charge in [-0.2, -0.15) is 5.10 Å². The van der Waals surface area contributed by atoms with Gasteiger partial charge in [-0.1, -0.05) is 0 Å². The van der Waals surface area contributed by atoms with Crippen molar-refractivity contribution in [1.29, 1.82) is 0 Å². The molecule has 2 rings (SSSR count). The van der Waals surface area contributed by atoms with Gasteiger partial charge in [0.2, 0.25) is 5.91 Å². The largest absolute Gasteiger partial charge is 0.469 e. The summed E-state index contributed by atoms with van der Waals surface area (Å²) >= 11 is 0. The number of rotatable bonds is 6. The molecular formula is C15H21N3O4. The molecule has 1 fully saturated rings. The van der Waals surface area contributed by atoms with Crippen molar-refractivity contribution in [2.24, 2.45) is 5.10 Å². The maximum Gasteiger partial charge on any atom is 0.274 e. The number of carbonyl (C=O) groups is 2. The van der Waals surface area contributed by atoms with Crippen LogP contribution in [0.2, 0.25) is 0 Å². The molecule has 1 atom stereocenters. The van der Waals surface area contributed by atoms with Gasteiger partial charge < -0.3 is 14.5 Å². The summed E-state index contributed by atoms with van der Waals surface area (Å²) < 4.78 is 10.5. The monoisotopic (exact) mass is 307 g/mol. The lowest BCUT2D eigenvalue weighted by atomic mass is 10.2. The number of hydrazone groups is 1. The molecule has 1 unspecified atom stereocenters. The summed E-state index contributed by atoms with van der Waals surface area (Å²) in [6.45, 7) is 4.67. The third-order valence-corrected chi connectivity index (χ3v) is 3.42. The van der Waals surface area contributed by atoms with E-state index in [4.69, 9.17) is 9.15 Å². The van der Waals surface area contributed by atoms with Crippen LogP contribution in [0.4, 0.5) is 0 Å². The number of hydrogen-bond donors (Lipinski definition) is 2. The van der Waals surface area contributed by atoms with Gasteiger partial charge in [-0.3, -0.25) is 9.59 Å². The van der Waals surface area contributed by atoms with E-state index in [1.807, 2.05) is 0 Å². The number of nitrogens with zero attached hydrogens (tertiary/aromatic N) is 1. The van der Waals surface area contributed by atoms with E-state index in [0.29, 0.717) is 23.6 Å². The molecule has 0 saturated carbocycles. The fraction of sp³-hybridized carbons (Fsp3) is 0.533. The predicted molar refractivity (Wildman–Crippen MR) is 80.6 cm³/mol. The van der Waals surface area contributed by atoms with Crippen LogP contribution in [0, 0.1) is 6.92 Å². The summed E-state index contributed by atoms with van der Waals surface area (Å²) in [6, 6.07) is 1.57. The van der Waals surface area contributed by atoms with Crippen LogP contribution in [0.15, 0.2) is 21.8 Å². The SMILES string of the molecule is C/C(CC(=O)NCC1CCCO1)=N\NC(=O)c1ccoc1C. The van der Waals surface area contributed by atoms with Gasteiger partial charge in [-0.15, -0.1) is 0 Å². The van der Waals surface area contributed by atoms with Crippen LogP contribution >= 0.6 is 0 Å². The highest BCUT2D eigenvalue weighted by molar-refractivity contribution is 6.01. The molecule has 0 aromatic carbocycles. The Hall–Kier alpha value is -2.15. The summed E-state index contributed by atoms with van der Waals surface area (Å²) in [7, 11) is 0. The van der Waals surface area contributed by atoms with Gasteiger partial charge in [-0.25, -0.2) is 5.43 Å². The third kappa shape index (κ3) is 4.70. The minimum atomic E-state index is -0.356. The normalized spacial score (nSPS) is 18.3. The number of carbonyl (C=O) groups excluding carboxylic acids is 2. The highest BCUT2D eigenvalue weighted by Gasteiger charge is 2.16. The lowest BCUT2D eigenvalue weighted by molar-refractivity contribution is -0.120. The molecule has 2 amide bonds. The average Bonchev–Trinajstić information content (AvgIpc) is 3.14. The Kier molecular flexibility index (Phi) is 5.71. The van der Waals surface area contributed by atoms with Crippen LogP contribution in [-0.2, 0) is 9.53 Å². The van der Waals surface area contributed by atoms with Gasteiger partial charge in [0.05, 0.1) is 24.4 Å². The predicted octanol–water partition coefficient (Wildman–Crippen LogP) is 1.38. The van der Waals surface area contributed by atoms with E-state index in [9.17, 15) is 9.59 Å². The van der Waals surface area contributed by atoms with E-state index in [0.717, 1.165) is 19.4 Å². The molecular weight excluding hydrogens is 286 g/mol. The molecule has 1 saturated heterocycles. The van der Waals surface area contributed by atoms with Crippen LogP contribution in [0.25, 0.3) is 0 Å². The van der Waals surface area contributed by atoms with Crippen LogP contribution in [0.5, 0.6) is 0 Å². The van der Waals surface area contributed by atoms with E-state index >= 15 is 0 Å². The minimum absolute atomic E-state index is 0.116. The quantitative estimate of drug-likeness (QED) is 0.613. The molecule has 7 nitrogen and oxygen atoms in total. The van der Waals surface area contributed by atoms with Crippen LogP contribution in [0.1, 0.15) is 42.3 Å². The fourth-order valence-electron chi connectivity index (χ4n) is 2.19. The number of furan rings is 1. The molecule has 1 aliphatic rings. The van der Waals surface area contributed by atoms with Crippen LogP contribution in [0.3, 0.4) is 0 Å². The van der Waals surface area contributed by atoms with E-state index < -0.39 is 0 Å². The zero-order valence-electron chi connectivity index (χ0n) is 12.8. The van der Waals surface area contributed by atoms with Gasteiger partial charge in [0.25, 0.3) is 5.91 Å². The zero-order chi connectivity index (χ0) is 15.9. The first-order valence-electron chi connectivity index (χ1n) is 7.32. The first kappa shape index (κ1) is 16.2. The molecule has 2 N–H and O–H groups in total. The molecule has 7 heteroatoms. The Morgan fingerprint density at radius 3 is 2.91 bits per heavy atom. The lowest BCUT2D eigenvalue weighted by Gasteiger charge is -2.10. The fourth-order valence-corrected chi connectivity index (χ4v) is 2.19. The molecule has 0 bridgehead atoms. The molecule has 22 heavy (non-hydrogen) atoms. The van der Waals surface area contributed by atoms with E-state index in [1.54, 1.807) is 19.9 Å². The van der Waals surface area contributed by atoms with Gasteiger partial charge in [0.1, 0.15) is 5.76 Å². The molecule has 2 heterocycles. The standard InChI is InChI=1S/C15H21N3O4/c1-10(8-14(19)16-9-12-4-3-6-22-12)17-18-15(20)13-5-7-21-11(13)2/h5,7,12H,3-4,6,8-9H2,1-2H3,(H,16,19)(H,18,20)/b17-10+. The van der Waals surface area contributed by atoms with Gasteiger partial charge >= 0.3 is 0 Å². The van der Waals surface area contributed by atoms with E-state index in [-0.39, 0.29) is 24.3 Å². The first-order valence-corrected chi connectivity index (χ1v) is 7.32. The van der Waals surface area contributed by atoms with Crippen LogP contribution in [-0.4, -0.2) is 36.8 Å². The number of hydrogen-bond acceptors (Lipinski definition) is 5. The number of nitrogens with one attached hydrogen (secondary N) is 2. The Labute approximate surface area is 129 Å². The highest BCUT2D eigenvalue weighted by Crippen LogP contribution is 2.10. The van der Waals surface area contributed by atoms with Gasteiger partial charge in [0, 0.05) is 18.9 Å². The second-order valence-corrected chi connectivity index (χ2v) is 5.29. The smallest absolute Gasteiger partial charge is 0.274 e. The second kappa shape index (κ2) is 7.74.